The first-order chi connectivity index (χ1) is 6.56. The normalized spacial score (nSPS) is 12.8. The molecule has 78 valence electrons. The van der Waals surface area contributed by atoms with Crippen LogP contribution in [0.3, 0.4) is 0 Å². The highest BCUT2D eigenvalue weighted by Crippen LogP contribution is 2.10. The van der Waals surface area contributed by atoms with E-state index in [2.05, 4.69) is 10.3 Å². The molecule has 1 heterocycles. The number of carbonyl (C=O) groups is 1. The van der Waals surface area contributed by atoms with Gasteiger partial charge < -0.3 is 5.11 Å². The number of nitrogens with zero attached hydrogens (tertiary/aromatic N) is 3. The maximum Gasteiger partial charge on any atom is 0.306 e. The van der Waals surface area contributed by atoms with Gasteiger partial charge in [-0.2, -0.15) is 0 Å². The zero-order valence-electron chi connectivity index (χ0n) is 8.69. The van der Waals surface area contributed by atoms with Crippen LogP contribution in [-0.4, -0.2) is 26.1 Å². The van der Waals surface area contributed by atoms with Gasteiger partial charge in [-0.05, 0) is 13.8 Å². The fourth-order valence-electron chi connectivity index (χ4n) is 1.26. The van der Waals surface area contributed by atoms with Crippen LogP contribution < -0.4 is 0 Å². The van der Waals surface area contributed by atoms with Crippen LogP contribution in [0.1, 0.15) is 25.2 Å². The zero-order chi connectivity index (χ0) is 10.7. The monoisotopic (exact) mass is 197 g/mol. The van der Waals surface area contributed by atoms with E-state index in [9.17, 15) is 4.79 Å². The van der Waals surface area contributed by atoms with Gasteiger partial charge in [0.2, 0.25) is 0 Å². The Balaban J connectivity index is 2.77. The van der Waals surface area contributed by atoms with Crippen LogP contribution in [-0.2, 0) is 17.8 Å². The Labute approximate surface area is 82.7 Å². The summed E-state index contributed by atoms with van der Waals surface area (Å²) in [6, 6.07) is 0. The smallest absolute Gasteiger partial charge is 0.306 e. The van der Waals surface area contributed by atoms with Crippen LogP contribution in [0.5, 0.6) is 0 Å². The molecule has 1 rings (SSSR count). The van der Waals surface area contributed by atoms with Crippen molar-refractivity contribution < 1.29 is 9.90 Å². The Bertz CT molecular complexity index is 333. The van der Waals surface area contributed by atoms with Crippen LogP contribution in [0.4, 0.5) is 0 Å². The average Bonchev–Trinajstić information content (AvgIpc) is 2.47. The molecule has 0 aromatic carbocycles. The van der Waals surface area contributed by atoms with Crippen molar-refractivity contribution in [1.29, 1.82) is 0 Å². The summed E-state index contributed by atoms with van der Waals surface area (Å²) in [4.78, 5) is 10.6. The highest BCUT2D eigenvalue weighted by molar-refractivity contribution is 5.69. The van der Waals surface area contributed by atoms with Gasteiger partial charge in [-0.3, -0.25) is 4.79 Å². The molecule has 5 heteroatoms. The fraction of sp³-hybridized carbons (Fsp3) is 0.667. The second-order valence-corrected chi connectivity index (χ2v) is 3.38. The quantitative estimate of drug-likeness (QED) is 0.777. The standard InChI is InChI=1S/C9H15N3O2/c1-4-12-7(3)8(10-11-12)5-6(2)9(13)14/h6H,4-5H2,1-3H3,(H,13,14). The highest BCUT2D eigenvalue weighted by Gasteiger charge is 2.16. The van der Waals surface area contributed by atoms with Gasteiger partial charge in [-0.1, -0.05) is 12.1 Å². The summed E-state index contributed by atoms with van der Waals surface area (Å²) in [6.45, 7) is 6.33. The lowest BCUT2D eigenvalue weighted by Crippen LogP contribution is -2.13. The first-order valence-electron chi connectivity index (χ1n) is 4.68. The SMILES string of the molecule is CCn1nnc(CC(C)C(=O)O)c1C. The van der Waals surface area contributed by atoms with E-state index in [1.807, 2.05) is 13.8 Å². The molecule has 0 spiro atoms. The summed E-state index contributed by atoms with van der Waals surface area (Å²) >= 11 is 0. The molecule has 0 amide bonds. The summed E-state index contributed by atoms with van der Waals surface area (Å²) < 4.78 is 1.77. The van der Waals surface area contributed by atoms with Crippen LogP contribution in [0.15, 0.2) is 0 Å². The number of aliphatic carboxylic acids is 1. The third-order valence-electron chi connectivity index (χ3n) is 2.30. The average molecular weight is 197 g/mol. The molecule has 0 aliphatic carbocycles. The topological polar surface area (TPSA) is 68.0 Å². The maximum atomic E-state index is 10.6. The van der Waals surface area contributed by atoms with Crippen molar-refractivity contribution in [3.8, 4) is 0 Å². The van der Waals surface area contributed by atoms with Gasteiger partial charge in [0, 0.05) is 13.0 Å². The van der Waals surface area contributed by atoms with E-state index in [-0.39, 0.29) is 0 Å². The number of hydrogen-bond donors (Lipinski definition) is 1. The van der Waals surface area contributed by atoms with Crippen LogP contribution in [0.25, 0.3) is 0 Å². The lowest BCUT2D eigenvalue weighted by atomic mass is 10.1. The van der Waals surface area contributed by atoms with Crippen LogP contribution in [0, 0.1) is 12.8 Å². The summed E-state index contributed by atoms with van der Waals surface area (Å²) in [5.74, 6) is -1.20. The lowest BCUT2D eigenvalue weighted by Gasteiger charge is -2.03. The number of aromatic nitrogens is 3. The van der Waals surface area contributed by atoms with Gasteiger partial charge in [0.1, 0.15) is 0 Å². The van der Waals surface area contributed by atoms with E-state index in [0.717, 1.165) is 17.9 Å². The Kier molecular flexibility index (Phi) is 3.22. The van der Waals surface area contributed by atoms with Crippen LogP contribution >= 0.6 is 0 Å². The third-order valence-corrected chi connectivity index (χ3v) is 2.30. The predicted octanol–water partition coefficient (Wildman–Crippen LogP) is 0.870. The molecule has 0 aliphatic heterocycles. The fourth-order valence-corrected chi connectivity index (χ4v) is 1.26. The van der Waals surface area contributed by atoms with E-state index in [0.29, 0.717) is 6.42 Å². The number of rotatable bonds is 4. The summed E-state index contributed by atoms with van der Waals surface area (Å²) in [6.07, 6.45) is 0.446. The molecule has 5 nitrogen and oxygen atoms in total. The molecule has 0 aliphatic rings. The molecule has 1 atom stereocenters. The van der Waals surface area contributed by atoms with Gasteiger partial charge >= 0.3 is 5.97 Å². The molecule has 0 bridgehead atoms. The molecule has 0 saturated carbocycles. The molecule has 1 aromatic heterocycles. The van der Waals surface area contributed by atoms with E-state index in [1.54, 1.807) is 11.6 Å². The van der Waals surface area contributed by atoms with Gasteiger partial charge in [-0.15, -0.1) is 5.10 Å². The summed E-state index contributed by atoms with van der Waals surface area (Å²) in [5, 5.41) is 16.6. The second kappa shape index (κ2) is 4.21. The minimum absolute atomic E-state index is 0.407. The van der Waals surface area contributed by atoms with Crippen molar-refractivity contribution >= 4 is 5.97 Å². The molecule has 0 fully saturated rings. The highest BCUT2D eigenvalue weighted by atomic mass is 16.4. The van der Waals surface area contributed by atoms with E-state index in [1.165, 1.54) is 0 Å². The number of carboxylic acid groups (broad SMARTS) is 1. The third kappa shape index (κ3) is 2.10. The molecular formula is C9H15N3O2. The molecule has 1 N–H and O–H groups in total. The van der Waals surface area contributed by atoms with Crippen LogP contribution in [0.2, 0.25) is 0 Å². The van der Waals surface area contributed by atoms with Gasteiger partial charge in [0.05, 0.1) is 17.3 Å². The Morgan fingerprint density at radius 1 is 1.64 bits per heavy atom. The second-order valence-electron chi connectivity index (χ2n) is 3.38. The zero-order valence-corrected chi connectivity index (χ0v) is 8.69. The maximum absolute atomic E-state index is 10.6. The molecule has 0 radical (unpaired) electrons. The van der Waals surface area contributed by atoms with Gasteiger partial charge in [0.15, 0.2) is 0 Å². The van der Waals surface area contributed by atoms with Gasteiger partial charge in [-0.25, -0.2) is 4.68 Å². The van der Waals surface area contributed by atoms with Crippen molar-refractivity contribution in [3.63, 3.8) is 0 Å². The number of carboxylic acids is 1. The molecule has 1 aromatic rings. The molecule has 14 heavy (non-hydrogen) atoms. The number of hydrogen-bond acceptors (Lipinski definition) is 3. The van der Waals surface area contributed by atoms with E-state index < -0.39 is 11.9 Å². The lowest BCUT2D eigenvalue weighted by molar-refractivity contribution is -0.141. The van der Waals surface area contributed by atoms with Crippen molar-refractivity contribution in [2.75, 3.05) is 0 Å². The first-order valence-corrected chi connectivity index (χ1v) is 4.68. The number of aryl methyl sites for hydroxylation is 1. The largest absolute Gasteiger partial charge is 0.481 e. The van der Waals surface area contributed by atoms with E-state index in [4.69, 9.17) is 5.11 Å². The minimum atomic E-state index is -0.796. The van der Waals surface area contributed by atoms with Gasteiger partial charge in [0.25, 0.3) is 0 Å². The van der Waals surface area contributed by atoms with E-state index >= 15 is 0 Å². The summed E-state index contributed by atoms with van der Waals surface area (Å²) in [5.41, 5.74) is 1.74. The first kappa shape index (κ1) is 10.7. The van der Waals surface area contributed by atoms with Crippen molar-refractivity contribution in [2.24, 2.45) is 5.92 Å². The molecule has 1 unspecified atom stereocenters. The van der Waals surface area contributed by atoms with Crippen molar-refractivity contribution in [3.05, 3.63) is 11.4 Å². The Hall–Kier alpha value is -1.39. The Morgan fingerprint density at radius 2 is 2.29 bits per heavy atom. The minimum Gasteiger partial charge on any atom is -0.481 e. The summed E-state index contributed by atoms with van der Waals surface area (Å²) in [7, 11) is 0. The Morgan fingerprint density at radius 3 is 2.71 bits per heavy atom. The predicted molar refractivity (Wildman–Crippen MR) is 50.9 cm³/mol. The molecule has 0 saturated heterocycles. The molecular weight excluding hydrogens is 182 g/mol. The van der Waals surface area contributed by atoms with Crippen molar-refractivity contribution in [1.82, 2.24) is 15.0 Å². The van der Waals surface area contributed by atoms with Crippen molar-refractivity contribution in [2.45, 2.75) is 33.7 Å².